The highest BCUT2D eigenvalue weighted by Crippen LogP contribution is 2.34. The molecule has 1 amide bonds. The lowest BCUT2D eigenvalue weighted by molar-refractivity contribution is -0.123. The van der Waals surface area contributed by atoms with Crippen molar-refractivity contribution in [3.63, 3.8) is 0 Å². The van der Waals surface area contributed by atoms with Gasteiger partial charge in [-0.05, 0) is 73.8 Å². The van der Waals surface area contributed by atoms with Crippen LogP contribution in [0.25, 0.3) is 0 Å². The SMILES string of the molecule is C=CCOc1c(Br)cc(C=NNC(=O)COc2ccc(F)cc2)cc1Br. The zero-order valence-electron chi connectivity index (χ0n) is 13.5. The third-order valence-electron chi connectivity index (χ3n) is 2.95. The summed E-state index contributed by atoms with van der Waals surface area (Å²) in [7, 11) is 0. The van der Waals surface area contributed by atoms with E-state index in [2.05, 4.69) is 49.0 Å². The molecule has 26 heavy (non-hydrogen) atoms. The number of ether oxygens (including phenoxy) is 2. The number of carbonyl (C=O) groups excluding carboxylic acids is 1. The van der Waals surface area contributed by atoms with Gasteiger partial charge in [0.1, 0.15) is 23.9 Å². The Morgan fingerprint density at radius 3 is 2.46 bits per heavy atom. The third kappa shape index (κ3) is 6.27. The molecule has 0 saturated heterocycles. The van der Waals surface area contributed by atoms with Crippen LogP contribution in [0.2, 0.25) is 0 Å². The van der Waals surface area contributed by atoms with Crippen molar-refractivity contribution in [3.05, 3.63) is 69.4 Å². The Balaban J connectivity index is 1.88. The summed E-state index contributed by atoms with van der Waals surface area (Å²) in [5.74, 6) is 0.242. The quantitative estimate of drug-likeness (QED) is 0.341. The molecular weight excluding hydrogens is 471 g/mol. The predicted molar refractivity (Wildman–Crippen MR) is 105 cm³/mol. The van der Waals surface area contributed by atoms with Crippen LogP contribution in [0.4, 0.5) is 4.39 Å². The van der Waals surface area contributed by atoms with E-state index in [1.807, 2.05) is 0 Å². The van der Waals surface area contributed by atoms with Crippen molar-refractivity contribution < 1.29 is 18.7 Å². The molecule has 0 aliphatic carbocycles. The molecule has 0 aliphatic heterocycles. The molecule has 5 nitrogen and oxygen atoms in total. The number of hydrazone groups is 1. The molecule has 0 fully saturated rings. The summed E-state index contributed by atoms with van der Waals surface area (Å²) in [6.45, 7) is 3.76. The summed E-state index contributed by atoms with van der Waals surface area (Å²) >= 11 is 6.84. The summed E-state index contributed by atoms with van der Waals surface area (Å²) < 4.78 is 25.0. The lowest BCUT2D eigenvalue weighted by Gasteiger charge is -2.09. The highest BCUT2D eigenvalue weighted by atomic mass is 79.9. The van der Waals surface area contributed by atoms with Crippen LogP contribution in [-0.4, -0.2) is 25.3 Å². The molecule has 2 aromatic rings. The van der Waals surface area contributed by atoms with E-state index < -0.39 is 5.91 Å². The molecule has 0 atom stereocenters. The van der Waals surface area contributed by atoms with E-state index in [1.54, 1.807) is 18.2 Å². The van der Waals surface area contributed by atoms with Crippen molar-refractivity contribution in [2.24, 2.45) is 5.10 Å². The first-order valence-electron chi connectivity index (χ1n) is 7.42. The standard InChI is InChI=1S/C18H15Br2FN2O3/c1-2-7-25-18-15(19)8-12(9-16(18)20)10-22-23-17(24)11-26-14-5-3-13(21)4-6-14/h2-6,8-10H,1,7,11H2,(H,23,24). The first-order chi connectivity index (χ1) is 12.5. The minimum absolute atomic E-state index is 0.231. The number of halogens is 3. The van der Waals surface area contributed by atoms with Crippen molar-refractivity contribution in [2.75, 3.05) is 13.2 Å². The Labute approximate surface area is 167 Å². The van der Waals surface area contributed by atoms with Gasteiger partial charge >= 0.3 is 0 Å². The molecule has 0 spiro atoms. The number of nitrogens with zero attached hydrogens (tertiary/aromatic N) is 1. The second kappa shape index (κ2) is 10.1. The first kappa shape index (κ1) is 20.1. The van der Waals surface area contributed by atoms with Gasteiger partial charge in [0.25, 0.3) is 5.91 Å². The summed E-state index contributed by atoms with van der Waals surface area (Å²) in [5, 5.41) is 3.88. The Morgan fingerprint density at radius 2 is 1.85 bits per heavy atom. The van der Waals surface area contributed by atoms with Gasteiger partial charge in [-0.25, -0.2) is 9.82 Å². The van der Waals surface area contributed by atoms with Gasteiger partial charge in [-0.3, -0.25) is 4.79 Å². The topological polar surface area (TPSA) is 59.9 Å². The minimum atomic E-state index is -0.436. The number of benzene rings is 2. The minimum Gasteiger partial charge on any atom is -0.487 e. The highest BCUT2D eigenvalue weighted by Gasteiger charge is 2.08. The number of amides is 1. The fourth-order valence-corrected chi connectivity index (χ4v) is 3.28. The monoisotopic (exact) mass is 484 g/mol. The average molecular weight is 486 g/mol. The van der Waals surface area contributed by atoms with Crippen LogP contribution in [0.1, 0.15) is 5.56 Å². The van der Waals surface area contributed by atoms with Gasteiger partial charge in [0.2, 0.25) is 0 Å². The van der Waals surface area contributed by atoms with Gasteiger partial charge in [0.15, 0.2) is 6.61 Å². The summed E-state index contributed by atoms with van der Waals surface area (Å²) in [6.07, 6.45) is 3.14. The number of carbonyl (C=O) groups is 1. The molecule has 0 aromatic heterocycles. The zero-order chi connectivity index (χ0) is 18.9. The first-order valence-corrected chi connectivity index (χ1v) is 9.01. The molecule has 0 heterocycles. The fourth-order valence-electron chi connectivity index (χ4n) is 1.82. The molecular formula is C18H15Br2FN2O3. The van der Waals surface area contributed by atoms with Crippen LogP contribution in [0, 0.1) is 5.82 Å². The summed E-state index contributed by atoms with van der Waals surface area (Å²) in [4.78, 5) is 11.7. The summed E-state index contributed by atoms with van der Waals surface area (Å²) in [6, 6.07) is 8.99. The molecule has 2 aromatic carbocycles. The maximum absolute atomic E-state index is 12.8. The van der Waals surface area contributed by atoms with E-state index in [0.717, 1.165) is 14.5 Å². The van der Waals surface area contributed by atoms with E-state index in [-0.39, 0.29) is 12.4 Å². The molecule has 2 rings (SSSR count). The third-order valence-corrected chi connectivity index (χ3v) is 4.13. The predicted octanol–water partition coefficient (Wildman–Crippen LogP) is 4.44. The number of hydrogen-bond donors (Lipinski definition) is 1. The average Bonchev–Trinajstić information content (AvgIpc) is 2.60. The van der Waals surface area contributed by atoms with E-state index >= 15 is 0 Å². The molecule has 0 aliphatic rings. The van der Waals surface area contributed by atoms with E-state index in [1.165, 1.54) is 30.5 Å². The Bertz CT molecular complexity index is 788. The Morgan fingerprint density at radius 1 is 1.19 bits per heavy atom. The van der Waals surface area contributed by atoms with Gasteiger partial charge in [0.05, 0.1) is 15.2 Å². The van der Waals surface area contributed by atoms with Crippen LogP contribution in [0.3, 0.4) is 0 Å². The van der Waals surface area contributed by atoms with Crippen LogP contribution < -0.4 is 14.9 Å². The van der Waals surface area contributed by atoms with Crippen LogP contribution in [0.15, 0.2) is 63.1 Å². The van der Waals surface area contributed by atoms with E-state index in [4.69, 9.17) is 9.47 Å². The maximum atomic E-state index is 12.8. The molecule has 8 heteroatoms. The molecule has 0 unspecified atom stereocenters. The Kier molecular flexibility index (Phi) is 7.80. The van der Waals surface area contributed by atoms with Gasteiger partial charge in [0, 0.05) is 0 Å². The lowest BCUT2D eigenvalue weighted by atomic mass is 10.2. The second-order valence-corrected chi connectivity index (χ2v) is 6.66. The zero-order valence-corrected chi connectivity index (χ0v) is 16.7. The molecule has 1 N–H and O–H groups in total. The number of nitrogens with one attached hydrogen (secondary N) is 1. The van der Waals surface area contributed by atoms with Crippen molar-refractivity contribution in [2.45, 2.75) is 0 Å². The summed E-state index contributed by atoms with van der Waals surface area (Å²) in [5.41, 5.74) is 3.10. The number of rotatable bonds is 8. The van der Waals surface area contributed by atoms with Gasteiger partial charge in [-0.15, -0.1) is 0 Å². The van der Waals surface area contributed by atoms with Gasteiger partial charge < -0.3 is 9.47 Å². The lowest BCUT2D eigenvalue weighted by Crippen LogP contribution is -2.24. The highest BCUT2D eigenvalue weighted by molar-refractivity contribution is 9.11. The smallest absolute Gasteiger partial charge is 0.277 e. The molecule has 0 saturated carbocycles. The largest absolute Gasteiger partial charge is 0.487 e. The van der Waals surface area contributed by atoms with Crippen molar-refractivity contribution >= 4 is 44.0 Å². The number of hydrogen-bond acceptors (Lipinski definition) is 4. The second-order valence-electron chi connectivity index (χ2n) is 4.95. The molecule has 0 bridgehead atoms. The normalized spacial score (nSPS) is 10.6. The van der Waals surface area contributed by atoms with Crippen LogP contribution >= 0.6 is 31.9 Å². The van der Waals surface area contributed by atoms with E-state index in [0.29, 0.717) is 18.1 Å². The van der Waals surface area contributed by atoms with Gasteiger partial charge in [-0.2, -0.15) is 5.10 Å². The Hall–Kier alpha value is -2.19. The van der Waals surface area contributed by atoms with Crippen molar-refractivity contribution in [1.82, 2.24) is 5.43 Å². The maximum Gasteiger partial charge on any atom is 0.277 e. The van der Waals surface area contributed by atoms with Crippen LogP contribution in [0.5, 0.6) is 11.5 Å². The fraction of sp³-hybridized carbons (Fsp3) is 0.111. The van der Waals surface area contributed by atoms with Crippen LogP contribution in [-0.2, 0) is 4.79 Å². The molecule has 136 valence electrons. The van der Waals surface area contributed by atoms with Crippen molar-refractivity contribution in [1.29, 1.82) is 0 Å². The van der Waals surface area contributed by atoms with E-state index in [9.17, 15) is 9.18 Å². The van der Waals surface area contributed by atoms with Crippen molar-refractivity contribution in [3.8, 4) is 11.5 Å². The molecule has 0 radical (unpaired) electrons. The van der Waals surface area contributed by atoms with Gasteiger partial charge in [-0.1, -0.05) is 12.7 Å².